The van der Waals surface area contributed by atoms with Crippen LogP contribution in [0.5, 0.6) is 17.5 Å². The first-order chi connectivity index (χ1) is 17.6. The minimum absolute atomic E-state index is 0.109. The van der Waals surface area contributed by atoms with Crippen molar-refractivity contribution in [2.45, 2.75) is 72.7 Å². The molecule has 0 radical (unpaired) electrons. The molecule has 0 spiro atoms. The van der Waals surface area contributed by atoms with Crippen LogP contribution in [0.1, 0.15) is 63.4 Å². The van der Waals surface area contributed by atoms with Crippen molar-refractivity contribution in [3.8, 4) is 17.5 Å². The third-order valence-corrected chi connectivity index (χ3v) is 5.56. The van der Waals surface area contributed by atoms with Crippen LogP contribution in [-0.2, 0) is 9.57 Å². The molecule has 10 nitrogen and oxygen atoms in total. The fraction of sp³-hybridized carbons (Fsp3) is 0.538. The highest BCUT2D eigenvalue weighted by Gasteiger charge is 2.27. The first kappa shape index (κ1) is 28.1. The maximum atomic E-state index is 15.3. The number of halogens is 1. The molecule has 0 N–H and O–H groups in total. The number of piperidine rings is 1. The van der Waals surface area contributed by atoms with Crippen LogP contribution in [0.15, 0.2) is 24.5 Å². The van der Waals surface area contributed by atoms with Crippen molar-refractivity contribution in [1.29, 1.82) is 0 Å². The van der Waals surface area contributed by atoms with E-state index in [4.69, 9.17) is 19.0 Å². The Bertz CT molecular complexity index is 1090. The molecule has 1 fully saturated rings. The lowest BCUT2D eigenvalue weighted by Gasteiger charge is -2.31. The summed E-state index contributed by atoms with van der Waals surface area (Å²) in [5, 5.41) is 1.11. The molecule has 202 valence electrons. The first-order valence-corrected chi connectivity index (χ1v) is 12.5. The van der Waals surface area contributed by atoms with E-state index < -0.39 is 11.7 Å². The molecule has 3 rings (SSSR count). The Balaban J connectivity index is 1.70. The number of ether oxygens (including phenoxy) is 3. The summed E-state index contributed by atoms with van der Waals surface area (Å²) in [4.78, 5) is 40.4. The summed E-state index contributed by atoms with van der Waals surface area (Å²) in [6.45, 7) is 11.9. The lowest BCUT2D eigenvalue weighted by molar-refractivity contribution is -0.149. The van der Waals surface area contributed by atoms with Gasteiger partial charge in [0, 0.05) is 32.5 Å². The fourth-order valence-corrected chi connectivity index (χ4v) is 3.74. The van der Waals surface area contributed by atoms with E-state index in [9.17, 15) is 9.59 Å². The van der Waals surface area contributed by atoms with E-state index in [0.29, 0.717) is 37.4 Å². The van der Waals surface area contributed by atoms with Crippen molar-refractivity contribution in [2.24, 2.45) is 0 Å². The largest absolute Gasteiger partial charge is 0.474 e. The first-order valence-electron chi connectivity index (χ1n) is 12.5. The maximum Gasteiger partial charge on any atom is 0.410 e. The van der Waals surface area contributed by atoms with Gasteiger partial charge in [0.2, 0.25) is 11.8 Å². The van der Waals surface area contributed by atoms with Gasteiger partial charge in [-0.15, -0.1) is 0 Å². The van der Waals surface area contributed by atoms with Crippen LogP contribution < -0.4 is 9.47 Å². The number of carbonyl (C=O) groups is 2. The number of nitrogens with zero attached hydrogens (tertiary/aromatic N) is 4. The second kappa shape index (κ2) is 12.7. The van der Waals surface area contributed by atoms with Crippen LogP contribution in [0.4, 0.5) is 9.18 Å². The van der Waals surface area contributed by atoms with E-state index in [-0.39, 0.29) is 48.1 Å². The minimum Gasteiger partial charge on any atom is -0.474 e. The van der Waals surface area contributed by atoms with Crippen molar-refractivity contribution in [3.05, 3.63) is 41.5 Å². The van der Waals surface area contributed by atoms with E-state index in [1.165, 1.54) is 24.5 Å². The highest BCUT2D eigenvalue weighted by molar-refractivity contribution is 5.94. The Morgan fingerprint density at radius 2 is 1.78 bits per heavy atom. The van der Waals surface area contributed by atoms with Gasteiger partial charge in [0.1, 0.15) is 12.4 Å². The van der Waals surface area contributed by atoms with E-state index in [0.717, 1.165) is 5.06 Å². The zero-order valence-electron chi connectivity index (χ0n) is 22.2. The van der Waals surface area contributed by atoms with Gasteiger partial charge in [0.15, 0.2) is 11.6 Å². The molecular weight excluding hydrogens is 483 g/mol. The van der Waals surface area contributed by atoms with Crippen LogP contribution in [0, 0.1) is 12.7 Å². The number of hydrogen-bond acceptors (Lipinski definition) is 8. The molecule has 0 aliphatic carbocycles. The maximum absolute atomic E-state index is 15.3. The summed E-state index contributed by atoms with van der Waals surface area (Å²) in [5.41, 5.74) is 0.310. The van der Waals surface area contributed by atoms with E-state index >= 15 is 4.39 Å². The molecule has 0 unspecified atom stereocenters. The van der Waals surface area contributed by atoms with Gasteiger partial charge >= 0.3 is 6.09 Å². The molecule has 1 aromatic carbocycles. The Morgan fingerprint density at radius 1 is 1.11 bits per heavy atom. The summed E-state index contributed by atoms with van der Waals surface area (Å²) in [6, 6.07) is 4.32. The number of benzene rings is 1. The minimum atomic E-state index is -0.820. The van der Waals surface area contributed by atoms with E-state index in [2.05, 4.69) is 9.97 Å². The van der Waals surface area contributed by atoms with Gasteiger partial charge in [0.25, 0.3) is 5.91 Å². The molecule has 2 heterocycles. The molecule has 11 heteroatoms. The average Bonchev–Trinajstić information content (AvgIpc) is 2.85. The normalized spacial score (nSPS) is 14.1. The smallest absolute Gasteiger partial charge is 0.410 e. The molecular formula is C26H35FN4O6. The highest BCUT2D eigenvalue weighted by Crippen LogP contribution is 2.31. The Kier molecular flexibility index (Phi) is 9.62. The van der Waals surface area contributed by atoms with Crippen molar-refractivity contribution in [1.82, 2.24) is 19.9 Å². The Labute approximate surface area is 216 Å². The molecule has 1 aliphatic heterocycles. The second-order valence-corrected chi connectivity index (χ2v) is 9.22. The summed E-state index contributed by atoms with van der Waals surface area (Å²) in [6.07, 6.45) is 1.58. The topological polar surface area (TPSA) is 103 Å². The van der Waals surface area contributed by atoms with Crippen LogP contribution in [0.3, 0.4) is 0 Å². The van der Waals surface area contributed by atoms with Gasteiger partial charge < -0.3 is 19.1 Å². The number of likely N-dealkylation sites (tertiary alicyclic amines) is 1. The van der Waals surface area contributed by atoms with Gasteiger partial charge in [-0.05, 0) is 53.7 Å². The van der Waals surface area contributed by atoms with Crippen LogP contribution >= 0.6 is 0 Å². The molecule has 2 aromatic rings. The SMILES string of the molecule is CCN(OC(C)C)C(=O)c1cccc(Oc2ncnc(OC3CCN(C(=O)OC(C)C)CC3)c2C)c1F. The van der Waals surface area contributed by atoms with Gasteiger partial charge in [-0.3, -0.25) is 9.63 Å². The molecule has 37 heavy (non-hydrogen) atoms. The lowest BCUT2D eigenvalue weighted by Crippen LogP contribution is -2.42. The molecule has 2 amide bonds. The van der Waals surface area contributed by atoms with Crippen molar-refractivity contribution >= 4 is 12.0 Å². The molecule has 0 bridgehead atoms. The van der Waals surface area contributed by atoms with Crippen LogP contribution in [0.25, 0.3) is 0 Å². The molecule has 0 saturated carbocycles. The number of aromatic nitrogens is 2. The number of amides is 2. The third-order valence-electron chi connectivity index (χ3n) is 5.56. The summed E-state index contributed by atoms with van der Waals surface area (Å²) in [7, 11) is 0. The van der Waals surface area contributed by atoms with Crippen LogP contribution in [-0.4, -0.2) is 69.9 Å². The predicted octanol–water partition coefficient (Wildman–Crippen LogP) is 4.91. The molecule has 1 saturated heterocycles. The van der Waals surface area contributed by atoms with Gasteiger partial charge in [-0.2, -0.15) is 0 Å². The molecule has 0 atom stereocenters. The number of carbonyl (C=O) groups excluding carboxylic acids is 2. The van der Waals surface area contributed by atoms with Gasteiger partial charge in [-0.25, -0.2) is 24.2 Å². The fourth-order valence-electron chi connectivity index (χ4n) is 3.74. The highest BCUT2D eigenvalue weighted by atomic mass is 19.1. The average molecular weight is 519 g/mol. The van der Waals surface area contributed by atoms with Crippen molar-refractivity contribution in [3.63, 3.8) is 0 Å². The second-order valence-electron chi connectivity index (χ2n) is 9.22. The number of rotatable bonds is 9. The summed E-state index contributed by atoms with van der Waals surface area (Å²) in [5.74, 6) is -1.16. The van der Waals surface area contributed by atoms with Crippen LogP contribution in [0.2, 0.25) is 0 Å². The van der Waals surface area contributed by atoms with Crippen molar-refractivity contribution in [2.75, 3.05) is 19.6 Å². The summed E-state index contributed by atoms with van der Waals surface area (Å²) < 4.78 is 32.4. The van der Waals surface area contributed by atoms with E-state index in [1.54, 1.807) is 32.6 Å². The number of hydrogen-bond donors (Lipinski definition) is 0. The lowest BCUT2D eigenvalue weighted by atomic mass is 10.1. The quantitative estimate of drug-likeness (QED) is 0.432. The van der Waals surface area contributed by atoms with E-state index in [1.807, 2.05) is 13.8 Å². The zero-order chi connectivity index (χ0) is 27.1. The predicted molar refractivity (Wildman–Crippen MR) is 133 cm³/mol. The van der Waals surface area contributed by atoms with Gasteiger partial charge in [0.05, 0.1) is 23.3 Å². The number of hydroxylamine groups is 2. The Morgan fingerprint density at radius 3 is 2.41 bits per heavy atom. The monoisotopic (exact) mass is 518 g/mol. The third kappa shape index (κ3) is 7.28. The molecule has 1 aliphatic rings. The zero-order valence-corrected chi connectivity index (χ0v) is 22.2. The van der Waals surface area contributed by atoms with Gasteiger partial charge in [-0.1, -0.05) is 6.07 Å². The standard InChI is InChI=1S/C26H35FN4O6/c1-7-31(37-17(4)5)25(32)20-9-8-10-21(22(20)27)36-24-18(6)23(28-15-29-24)35-19-11-13-30(14-12-19)26(33)34-16(2)3/h8-10,15-17,19H,7,11-14H2,1-6H3. The Hall–Kier alpha value is -3.47. The van der Waals surface area contributed by atoms with Crippen molar-refractivity contribution < 1.29 is 33.0 Å². The summed E-state index contributed by atoms with van der Waals surface area (Å²) >= 11 is 0. The molecule has 1 aromatic heterocycles.